The maximum absolute atomic E-state index is 12.3. The number of aromatic amines is 1. The largest absolute Gasteiger partial charge is 0.395 e. The highest BCUT2D eigenvalue weighted by Gasteiger charge is 2.28. The molecule has 2 aromatic rings. The van der Waals surface area contributed by atoms with Gasteiger partial charge in [-0.05, 0) is 31.9 Å². The minimum absolute atomic E-state index is 0.000284. The van der Waals surface area contributed by atoms with Crippen LogP contribution in [0.4, 0.5) is 0 Å². The fourth-order valence-electron chi connectivity index (χ4n) is 2.79. The molecule has 122 valence electrons. The van der Waals surface area contributed by atoms with Crippen molar-refractivity contribution in [3.8, 4) is 0 Å². The molecular formula is C16H25N3O2S. The van der Waals surface area contributed by atoms with Crippen molar-refractivity contribution in [2.75, 3.05) is 13.7 Å². The van der Waals surface area contributed by atoms with Gasteiger partial charge in [0.2, 0.25) is 0 Å². The molecule has 0 aliphatic rings. The number of hydrogen-bond donors (Lipinski definition) is 2. The van der Waals surface area contributed by atoms with Crippen LogP contribution in [0.2, 0.25) is 0 Å². The highest BCUT2D eigenvalue weighted by molar-refractivity contribution is 7.18. The number of H-pyrrole nitrogens is 1. The van der Waals surface area contributed by atoms with E-state index in [0.29, 0.717) is 17.8 Å². The number of aryl methyl sites for hydroxylation is 2. The molecule has 6 heteroatoms. The molecule has 2 aromatic heterocycles. The smallest absolute Gasteiger partial charge is 0.259 e. The van der Waals surface area contributed by atoms with Gasteiger partial charge in [-0.2, -0.15) is 0 Å². The lowest BCUT2D eigenvalue weighted by molar-refractivity contribution is 0.0598. The van der Waals surface area contributed by atoms with Crippen molar-refractivity contribution in [3.05, 3.63) is 26.6 Å². The van der Waals surface area contributed by atoms with Crippen molar-refractivity contribution >= 4 is 21.6 Å². The van der Waals surface area contributed by atoms with Crippen LogP contribution in [0.25, 0.3) is 10.2 Å². The first-order valence-electron chi connectivity index (χ1n) is 7.45. The van der Waals surface area contributed by atoms with Crippen molar-refractivity contribution < 1.29 is 5.11 Å². The lowest BCUT2D eigenvalue weighted by Gasteiger charge is -2.36. The first-order chi connectivity index (χ1) is 10.1. The van der Waals surface area contributed by atoms with E-state index in [2.05, 4.69) is 30.7 Å². The third kappa shape index (κ3) is 3.24. The summed E-state index contributed by atoms with van der Waals surface area (Å²) in [5, 5.41) is 10.3. The first kappa shape index (κ1) is 17.1. The van der Waals surface area contributed by atoms with E-state index in [9.17, 15) is 9.90 Å². The van der Waals surface area contributed by atoms with E-state index in [1.165, 1.54) is 0 Å². The molecule has 0 aliphatic heterocycles. The minimum Gasteiger partial charge on any atom is -0.395 e. The zero-order valence-electron chi connectivity index (χ0n) is 14.1. The minimum atomic E-state index is -0.0773. The number of nitrogens with one attached hydrogen (secondary N) is 1. The van der Waals surface area contributed by atoms with Crippen LogP contribution >= 0.6 is 11.3 Å². The molecule has 0 saturated heterocycles. The molecule has 0 aromatic carbocycles. The molecule has 22 heavy (non-hydrogen) atoms. The van der Waals surface area contributed by atoms with Crippen LogP contribution < -0.4 is 5.56 Å². The summed E-state index contributed by atoms with van der Waals surface area (Å²) in [5.74, 6) is 0.643. The van der Waals surface area contributed by atoms with E-state index in [-0.39, 0.29) is 23.6 Å². The second-order valence-corrected chi connectivity index (χ2v) is 8.16. The zero-order valence-corrected chi connectivity index (χ0v) is 15.0. The number of thiophene rings is 1. The molecule has 1 atom stereocenters. The van der Waals surface area contributed by atoms with E-state index < -0.39 is 0 Å². The Labute approximate surface area is 135 Å². The fraction of sp³-hybridized carbons (Fsp3) is 0.625. The van der Waals surface area contributed by atoms with Crippen LogP contribution in [0.15, 0.2) is 4.79 Å². The number of aromatic nitrogens is 2. The van der Waals surface area contributed by atoms with Gasteiger partial charge in [-0.15, -0.1) is 11.3 Å². The highest BCUT2D eigenvalue weighted by atomic mass is 32.1. The molecule has 0 spiro atoms. The molecule has 1 unspecified atom stereocenters. The molecule has 0 amide bonds. The maximum Gasteiger partial charge on any atom is 0.259 e. The lowest BCUT2D eigenvalue weighted by atomic mass is 9.86. The summed E-state index contributed by atoms with van der Waals surface area (Å²) < 4.78 is 0. The Morgan fingerprint density at radius 2 is 2.00 bits per heavy atom. The molecule has 2 N–H and O–H groups in total. The van der Waals surface area contributed by atoms with Crippen molar-refractivity contribution in [2.45, 2.75) is 47.2 Å². The van der Waals surface area contributed by atoms with Gasteiger partial charge in [0.1, 0.15) is 10.7 Å². The summed E-state index contributed by atoms with van der Waals surface area (Å²) in [7, 11) is 1.95. The van der Waals surface area contributed by atoms with Crippen LogP contribution in [0.1, 0.15) is 37.0 Å². The molecule has 0 aliphatic carbocycles. The summed E-state index contributed by atoms with van der Waals surface area (Å²) >= 11 is 1.55. The Morgan fingerprint density at radius 3 is 2.55 bits per heavy atom. The van der Waals surface area contributed by atoms with Crippen molar-refractivity contribution in [2.24, 2.45) is 5.41 Å². The maximum atomic E-state index is 12.3. The standard InChI is InChI=1S/C16H25N3O2S/c1-9-10(2)22-15-13(9)14(21)17-12(18-15)7-19(6)11(8-20)16(3,4)5/h11,20H,7-8H2,1-6H3,(H,17,18,21). The molecule has 0 saturated carbocycles. The molecule has 0 fully saturated rings. The van der Waals surface area contributed by atoms with Gasteiger partial charge in [0.05, 0.1) is 18.5 Å². The van der Waals surface area contributed by atoms with Crippen molar-refractivity contribution in [1.82, 2.24) is 14.9 Å². The van der Waals surface area contributed by atoms with Gasteiger partial charge in [0.15, 0.2) is 0 Å². The van der Waals surface area contributed by atoms with Gasteiger partial charge in [-0.25, -0.2) is 4.98 Å². The Morgan fingerprint density at radius 1 is 1.36 bits per heavy atom. The summed E-state index contributed by atoms with van der Waals surface area (Å²) in [6, 6.07) is 0.000284. The molecular weight excluding hydrogens is 298 g/mol. The summed E-state index contributed by atoms with van der Waals surface area (Å²) in [6.07, 6.45) is 0. The lowest BCUT2D eigenvalue weighted by Crippen LogP contribution is -2.44. The molecule has 0 radical (unpaired) electrons. The van der Waals surface area contributed by atoms with E-state index in [1.807, 2.05) is 25.8 Å². The number of aliphatic hydroxyl groups is 1. The first-order valence-corrected chi connectivity index (χ1v) is 8.26. The number of nitrogens with zero attached hydrogens (tertiary/aromatic N) is 2. The number of rotatable bonds is 4. The molecule has 0 bridgehead atoms. The van der Waals surface area contributed by atoms with Gasteiger partial charge in [0.25, 0.3) is 5.56 Å². The zero-order chi connectivity index (χ0) is 16.7. The second-order valence-electron chi connectivity index (χ2n) is 6.96. The highest BCUT2D eigenvalue weighted by Crippen LogP contribution is 2.27. The normalized spacial score (nSPS) is 14.0. The van der Waals surface area contributed by atoms with Crippen LogP contribution in [0.3, 0.4) is 0 Å². The summed E-state index contributed by atoms with van der Waals surface area (Å²) in [6.45, 7) is 10.8. The Hall–Kier alpha value is -1.24. The molecule has 5 nitrogen and oxygen atoms in total. The van der Waals surface area contributed by atoms with E-state index in [4.69, 9.17) is 0 Å². The number of hydrogen-bond acceptors (Lipinski definition) is 5. The number of fused-ring (bicyclic) bond motifs is 1. The predicted molar refractivity (Wildman–Crippen MR) is 91.5 cm³/mol. The van der Waals surface area contributed by atoms with Crippen LogP contribution in [0, 0.1) is 19.3 Å². The van der Waals surface area contributed by atoms with Crippen molar-refractivity contribution in [3.63, 3.8) is 0 Å². The molecule has 2 rings (SSSR count). The second kappa shape index (κ2) is 6.10. The average Bonchev–Trinajstić information content (AvgIpc) is 2.63. The van der Waals surface area contributed by atoms with Gasteiger partial charge < -0.3 is 10.1 Å². The Kier molecular flexibility index (Phi) is 4.75. The monoisotopic (exact) mass is 323 g/mol. The SMILES string of the molecule is Cc1sc2nc(CN(C)C(CO)C(C)(C)C)[nH]c(=O)c2c1C. The van der Waals surface area contributed by atoms with E-state index >= 15 is 0 Å². The number of likely N-dealkylation sites (N-methyl/N-ethyl adjacent to an activating group) is 1. The van der Waals surface area contributed by atoms with Gasteiger partial charge in [-0.3, -0.25) is 9.69 Å². The van der Waals surface area contributed by atoms with Crippen LogP contribution in [0.5, 0.6) is 0 Å². The quantitative estimate of drug-likeness (QED) is 0.907. The Bertz CT molecular complexity index is 727. The number of aliphatic hydroxyl groups excluding tert-OH is 1. The predicted octanol–water partition coefficient (Wildman–Crippen LogP) is 2.44. The topological polar surface area (TPSA) is 69.2 Å². The van der Waals surface area contributed by atoms with Crippen molar-refractivity contribution in [1.29, 1.82) is 0 Å². The van der Waals surface area contributed by atoms with Crippen LogP contribution in [-0.2, 0) is 6.54 Å². The van der Waals surface area contributed by atoms with Gasteiger partial charge >= 0.3 is 0 Å². The van der Waals surface area contributed by atoms with Gasteiger partial charge in [-0.1, -0.05) is 20.8 Å². The third-order valence-corrected chi connectivity index (χ3v) is 5.29. The Balaban J connectivity index is 2.34. The summed E-state index contributed by atoms with van der Waals surface area (Å²) in [5.41, 5.74) is 0.882. The van der Waals surface area contributed by atoms with Gasteiger partial charge in [0, 0.05) is 10.9 Å². The summed E-state index contributed by atoms with van der Waals surface area (Å²) in [4.78, 5) is 23.7. The van der Waals surface area contributed by atoms with E-state index in [1.54, 1.807) is 11.3 Å². The van der Waals surface area contributed by atoms with Crippen LogP contribution in [-0.4, -0.2) is 39.7 Å². The fourth-order valence-corrected chi connectivity index (χ4v) is 3.84. The average molecular weight is 323 g/mol. The third-order valence-electron chi connectivity index (χ3n) is 4.19. The van der Waals surface area contributed by atoms with E-state index in [0.717, 1.165) is 15.3 Å². The molecule has 2 heterocycles.